The molecule has 0 aliphatic rings. The van der Waals surface area contributed by atoms with Gasteiger partial charge in [0.1, 0.15) is 0 Å². The molecule has 0 aromatic carbocycles. The first-order chi connectivity index (χ1) is 8.42. The van der Waals surface area contributed by atoms with E-state index in [4.69, 9.17) is 0 Å². The zero-order chi connectivity index (χ0) is 16.3. The van der Waals surface area contributed by atoms with Gasteiger partial charge < -0.3 is 19.8 Å². The molecule has 0 heterocycles. The predicted octanol–water partition coefficient (Wildman–Crippen LogP) is 0.171. The predicted molar refractivity (Wildman–Crippen MR) is 82.8 cm³/mol. The number of thiol groups is 2. The van der Waals surface area contributed by atoms with Crippen LogP contribution in [0.1, 0.15) is 27.7 Å². The first-order valence-electron chi connectivity index (χ1n) is 5.66. The monoisotopic (exact) mass is 416 g/mol. The molecule has 112 valence electrons. The summed E-state index contributed by atoms with van der Waals surface area (Å²) in [4.78, 5) is 24.8. The van der Waals surface area contributed by atoms with E-state index in [2.05, 4.69) is 35.1 Å². The van der Waals surface area contributed by atoms with E-state index in [1.54, 1.807) is 27.7 Å². The summed E-state index contributed by atoms with van der Waals surface area (Å²) in [5.41, 5.74) is -1.58. The molecule has 0 spiro atoms. The van der Waals surface area contributed by atoms with Crippen LogP contribution in [0.15, 0.2) is 0 Å². The summed E-state index contributed by atoms with van der Waals surface area (Å²) < 4.78 is 0. The molecule has 0 fully saturated rings. The third-order valence-electron chi connectivity index (χ3n) is 1.90. The van der Waals surface area contributed by atoms with Crippen LogP contribution >= 0.6 is 25.3 Å². The molecule has 0 rings (SSSR count). The van der Waals surface area contributed by atoms with E-state index in [1.807, 2.05) is 0 Å². The quantitative estimate of drug-likeness (QED) is 0.507. The van der Waals surface area contributed by atoms with Crippen LogP contribution in [-0.2, 0) is 9.59 Å². The summed E-state index contributed by atoms with van der Waals surface area (Å²) in [6, 6.07) is 0. The van der Waals surface area contributed by atoms with Crippen molar-refractivity contribution in [2.24, 2.45) is 10.8 Å². The van der Waals surface area contributed by atoms with Crippen LogP contribution in [0.3, 0.4) is 0 Å². The van der Waals surface area contributed by atoms with E-state index in [-0.39, 0.29) is 21.1 Å². The molecular weight excluding hydrogens is 391 g/mol. The fourth-order valence-corrected chi connectivity index (χ4v) is 0.387. The van der Waals surface area contributed by atoms with E-state index in [0.717, 1.165) is 0 Å². The van der Waals surface area contributed by atoms with Gasteiger partial charge in [0.2, 0.25) is 0 Å². The van der Waals surface area contributed by atoms with Crippen LogP contribution in [-0.4, -0.2) is 44.6 Å². The van der Waals surface area contributed by atoms with Gasteiger partial charge in [-0.15, -0.1) is 0 Å². The Balaban J connectivity index is -0.000000224. The van der Waals surface area contributed by atoms with Gasteiger partial charge in [-0.1, -0.05) is 27.7 Å². The normalized spacial score (nSPS) is 10.1. The van der Waals surface area contributed by atoms with Gasteiger partial charge in [0, 0.05) is 34.3 Å². The molecule has 0 aromatic heterocycles. The molecule has 0 radical (unpaired) electrons. The Labute approximate surface area is 137 Å². The van der Waals surface area contributed by atoms with Crippen LogP contribution in [0, 0.1) is 10.8 Å². The first kappa shape index (κ1) is 24.5. The number of rotatable bonds is 4. The number of hydrogen-bond donors (Lipinski definition) is 2. The molecule has 0 aliphatic carbocycles. The Morgan fingerprint density at radius 1 is 0.895 bits per heavy atom. The van der Waals surface area contributed by atoms with Crippen molar-refractivity contribution in [2.45, 2.75) is 37.6 Å². The molecule has 7 heteroatoms. The molecular formula is C12H24O4S2Sn. The number of carboxylic acid groups (broad SMARTS) is 2. The van der Waals surface area contributed by atoms with Gasteiger partial charge in [0.15, 0.2) is 0 Å². The van der Waals surface area contributed by atoms with Crippen LogP contribution in [0.25, 0.3) is 0 Å². The summed E-state index contributed by atoms with van der Waals surface area (Å²) in [5.74, 6) is -1.47. The number of carbonyl (C=O) groups excluding carboxylic acids is 2. The number of carboxylic acids is 2. The molecule has 0 aromatic rings. The van der Waals surface area contributed by atoms with Crippen molar-refractivity contribution in [2.75, 3.05) is 11.5 Å². The first-order valence-corrected chi connectivity index (χ1v) is 12.6. The zero-order valence-electron chi connectivity index (χ0n) is 12.4. The third-order valence-corrected chi connectivity index (χ3v) is 3.48. The van der Waals surface area contributed by atoms with Crippen LogP contribution < -0.4 is 10.2 Å². The van der Waals surface area contributed by atoms with Crippen molar-refractivity contribution >= 4 is 58.3 Å². The average Bonchev–Trinajstić information content (AvgIpc) is 2.30. The Morgan fingerprint density at radius 3 is 1.05 bits per heavy atom. The Kier molecular flexibility index (Phi) is 15.7. The zero-order valence-corrected chi connectivity index (χ0v) is 17.1. The summed E-state index contributed by atoms with van der Waals surface area (Å²) >= 11 is 7.87. The van der Waals surface area contributed by atoms with Gasteiger partial charge in [-0.3, -0.25) is 0 Å². The standard InChI is InChI=1S/2C5H10O2S.2CH3.Sn/c2*1-5(2,3-8)4(6)7;;;/h2*8H,3H2,1-2H3,(H,6,7);2*1H3;/q;;;;+2/p-2. The van der Waals surface area contributed by atoms with E-state index >= 15 is 0 Å². The molecule has 19 heavy (non-hydrogen) atoms. The average molecular weight is 415 g/mol. The number of hydrogen-bond acceptors (Lipinski definition) is 6. The molecule has 0 aliphatic heterocycles. The second-order valence-electron chi connectivity index (χ2n) is 5.16. The fourth-order valence-electron chi connectivity index (χ4n) is 0.129. The SMILES string of the molecule is CC(C)(CS)C(=O)[O-].CC(C)(CS)C(=O)[O-].[CH3][Sn+2][CH3]. The summed E-state index contributed by atoms with van der Waals surface area (Å²) in [6.45, 7) is 6.31. The molecule has 4 nitrogen and oxygen atoms in total. The maximum absolute atomic E-state index is 10.1. The topological polar surface area (TPSA) is 80.3 Å². The van der Waals surface area contributed by atoms with Crippen molar-refractivity contribution in [3.63, 3.8) is 0 Å². The molecule has 0 unspecified atom stereocenters. The van der Waals surface area contributed by atoms with Crippen molar-refractivity contribution in [1.82, 2.24) is 0 Å². The van der Waals surface area contributed by atoms with Gasteiger partial charge in [-0.25, -0.2) is 0 Å². The molecule has 0 N–H and O–H groups in total. The molecule has 0 atom stereocenters. The minimum absolute atomic E-state index is 0.230. The van der Waals surface area contributed by atoms with Gasteiger partial charge in [-0.05, 0) is 0 Å². The van der Waals surface area contributed by atoms with Crippen molar-refractivity contribution in [3.8, 4) is 0 Å². The van der Waals surface area contributed by atoms with E-state index < -0.39 is 22.8 Å². The Hall–Kier alpha value is 0.439. The van der Waals surface area contributed by atoms with Crippen molar-refractivity contribution in [3.05, 3.63) is 0 Å². The Bertz CT molecular complexity index is 242. The van der Waals surface area contributed by atoms with Gasteiger partial charge in [0.25, 0.3) is 0 Å². The molecule has 0 saturated heterocycles. The minimum atomic E-state index is -1.05. The number of carbonyl (C=O) groups is 2. The maximum atomic E-state index is 10.1. The Morgan fingerprint density at radius 2 is 1.05 bits per heavy atom. The summed E-state index contributed by atoms with van der Waals surface area (Å²) in [7, 11) is 0. The molecule has 0 bridgehead atoms. The fraction of sp³-hybridized carbons (Fsp3) is 0.833. The summed E-state index contributed by atoms with van der Waals surface area (Å²) in [6.07, 6.45) is 0. The van der Waals surface area contributed by atoms with E-state index in [0.29, 0.717) is 11.5 Å². The van der Waals surface area contributed by atoms with E-state index in [9.17, 15) is 19.8 Å². The van der Waals surface area contributed by atoms with Gasteiger partial charge in [-0.2, -0.15) is 25.3 Å². The van der Waals surface area contributed by atoms with Gasteiger partial charge >= 0.3 is 31.0 Å². The molecule has 0 saturated carbocycles. The third kappa shape index (κ3) is 14.7. The second-order valence-corrected chi connectivity index (χ2v) is 8.65. The van der Waals surface area contributed by atoms with Crippen LogP contribution in [0.2, 0.25) is 9.88 Å². The summed E-state index contributed by atoms with van der Waals surface area (Å²) in [5, 5.41) is 20.2. The van der Waals surface area contributed by atoms with Crippen molar-refractivity contribution < 1.29 is 19.8 Å². The molecule has 0 amide bonds. The van der Waals surface area contributed by atoms with Crippen LogP contribution in [0.4, 0.5) is 0 Å². The van der Waals surface area contributed by atoms with Crippen molar-refractivity contribution in [1.29, 1.82) is 0 Å². The second kappa shape index (κ2) is 12.2. The van der Waals surface area contributed by atoms with Gasteiger partial charge in [0.05, 0.1) is 0 Å². The van der Waals surface area contributed by atoms with E-state index in [1.165, 1.54) is 0 Å². The van der Waals surface area contributed by atoms with Crippen LogP contribution in [0.5, 0.6) is 0 Å². The number of aliphatic carboxylic acids is 2.